The summed E-state index contributed by atoms with van der Waals surface area (Å²) in [4.78, 5) is 32.7. The standard InChI is InChI=1S/C17H32N4O2/c1-15(2)18(3)16(22)13-19-9-11-20(12-10-19)14-17(23)21-7-5-4-6-8-21/h15H,4-14H2,1-3H3. The van der Waals surface area contributed by atoms with Gasteiger partial charge in [0.1, 0.15) is 0 Å². The van der Waals surface area contributed by atoms with Crippen LogP contribution >= 0.6 is 0 Å². The van der Waals surface area contributed by atoms with Crippen LogP contribution in [0.2, 0.25) is 0 Å². The number of hydrogen-bond donors (Lipinski definition) is 0. The lowest BCUT2D eigenvalue weighted by molar-refractivity contribution is -0.135. The number of rotatable bonds is 5. The number of hydrogen-bond acceptors (Lipinski definition) is 4. The fraction of sp³-hybridized carbons (Fsp3) is 0.882. The minimum Gasteiger partial charge on any atom is -0.342 e. The number of piperidine rings is 1. The highest BCUT2D eigenvalue weighted by atomic mass is 16.2. The molecule has 0 N–H and O–H groups in total. The Morgan fingerprint density at radius 2 is 1.39 bits per heavy atom. The molecule has 132 valence electrons. The van der Waals surface area contributed by atoms with E-state index in [9.17, 15) is 9.59 Å². The van der Waals surface area contributed by atoms with Crippen LogP contribution in [0.25, 0.3) is 0 Å². The first-order chi connectivity index (χ1) is 11.0. The second-order valence-corrected chi connectivity index (χ2v) is 7.09. The third-order valence-electron chi connectivity index (χ3n) is 5.06. The molecule has 0 radical (unpaired) electrons. The Morgan fingerprint density at radius 1 is 0.870 bits per heavy atom. The molecular formula is C17H32N4O2. The Balaban J connectivity index is 1.69. The van der Waals surface area contributed by atoms with E-state index in [4.69, 9.17) is 0 Å². The highest BCUT2D eigenvalue weighted by Gasteiger charge is 2.24. The van der Waals surface area contributed by atoms with Gasteiger partial charge in [-0.25, -0.2) is 0 Å². The molecule has 0 aromatic rings. The minimum atomic E-state index is 0.179. The third kappa shape index (κ3) is 5.46. The lowest BCUT2D eigenvalue weighted by atomic mass is 10.1. The summed E-state index contributed by atoms with van der Waals surface area (Å²) >= 11 is 0. The van der Waals surface area contributed by atoms with Crippen molar-refractivity contribution in [2.45, 2.75) is 39.2 Å². The summed E-state index contributed by atoms with van der Waals surface area (Å²) < 4.78 is 0. The molecule has 0 saturated carbocycles. The molecule has 0 aromatic heterocycles. The van der Waals surface area contributed by atoms with Crippen molar-refractivity contribution >= 4 is 11.8 Å². The molecule has 2 rings (SSSR count). The van der Waals surface area contributed by atoms with Crippen molar-refractivity contribution in [2.75, 3.05) is 59.4 Å². The first-order valence-corrected chi connectivity index (χ1v) is 8.95. The molecule has 2 heterocycles. The van der Waals surface area contributed by atoms with E-state index in [0.717, 1.165) is 52.1 Å². The molecule has 2 amide bonds. The average Bonchev–Trinajstić information content (AvgIpc) is 2.56. The molecule has 2 aliphatic rings. The van der Waals surface area contributed by atoms with E-state index < -0.39 is 0 Å². The number of carbonyl (C=O) groups excluding carboxylic acids is 2. The summed E-state index contributed by atoms with van der Waals surface area (Å²) in [5.74, 6) is 0.451. The zero-order valence-corrected chi connectivity index (χ0v) is 15.0. The van der Waals surface area contributed by atoms with Crippen LogP contribution in [0.4, 0.5) is 0 Å². The molecule has 2 aliphatic heterocycles. The van der Waals surface area contributed by atoms with Crippen LogP contribution in [0.3, 0.4) is 0 Å². The quantitative estimate of drug-likeness (QED) is 0.738. The molecule has 0 bridgehead atoms. The summed E-state index contributed by atoms with van der Waals surface area (Å²) in [5.41, 5.74) is 0. The molecule has 0 spiro atoms. The van der Waals surface area contributed by atoms with E-state index in [1.165, 1.54) is 6.42 Å². The fourth-order valence-electron chi connectivity index (χ4n) is 3.13. The van der Waals surface area contributed by atoms with Crippen molar-refractivity contribution < 1.29 is 9.59 Å². The molecule has 0 unspecified atom stereocenters. The zero-order chi connectivity index (χ0) is 16.8. The second-order valence-electron chi connectivity index (χ2n) is 7.09. The summed E-state index contributed by atoms with van der Waals surface area (Å²) in [6, 6.07) is 0.242. The van der Waals surface area contributed by atoms with Crippen molar-refractivity contribution in [3.8, 4) is 0 Å². The maximum atomic E-state index is 12.3. The van der Waals surface area contributed by atoms with E-state index in [-0.39, 0.29) is 17.9 Å². The third-order valence-corrected chi connectivity index (χ3v) is 5.06. The van der Waals surface area contributed by atoms with Gasteiger partial charge in [0.2, 0.25) is 11.8 Å². The average molecular weight is 324 g/mol. The monoisotopic (exact) mass is 324 g/mol. The van der Waals surface area contributed by atoms with Gasteiger partial charge in [0, 0.05) is 52.4 Å². The molecule has 0 atom stereocenters. The van der Waals surface area contributed by atoms with Crippen molar-refractivity contribution in [1.29, 1.82) is 0 Å². The van der Waals surface area contributed by atoms with Crippen molar-refractivity contribution in [3.05, 3.63) is 0 Å². The highest BCUT2D eigenvalue weighted by Crippen LogP contribution is 2.10. The predicted octanol–water partition coefficient (Wildman–Crippen LogP) is 0.483. The molecule has 2 saturated heterocycles. The molecule has 0 aliphatic carbocycles. The molecule has 0 aromatic carbocycles. The summed E-state index contributed by atoms with van der Waals surface area (Å²) in [6.07, 6.45) is 3.54. The van der Waals surface area contributed by atoms with Gasteiger partial charge in [0.25, 0.3) is 0 Å². The van der Waals surface area contributed by atoms with E-state index >= 15 is 0 Å². The lowest BCUT2D eigenvalue weighted by Gasteiger charge is -2.36. The smallest absolute Gasteiger partial charge is 0.236 e. The fourth-order valence-corrected chi connectivity index (χ4v) is 3.13. The van der Waals surface area contributed by atoms with Gasteiger partial charge in [-0.3, -0.25) is 19.4 Å². The van der Waals surface area contributed by atoms with Gasteiger partial charge in [0.05, 0.1) is 13.1 Å². The predicted molar refractivity (Wildman–Crippen MR) is 91.2 cm³/mol. The maximum Gasteiger partial charge on any atom is 0.236 e. The first-order valence-electron chi connectivity index (χ1n) is 8.95. The minimum absolute atomic E-state index is 0.179. The Kier molecular flexibility index (Phi) is 6.84. The van der Waals surface area contributed by atoms with Crippen molar-refractivity contribution in [1.82, 2.24) is 19.6 Å². The highest BCUT2D eigenvalue weighted by molar-refractivity contribution is 5.79. The van der Waals surface area contributed by atoms with Gasteiger partial charge in [-0.2, -0.15) is 0 Å². The van der Waals surface area contributed by atoms with Crippen LogP contribution in [0, 0.1) is 0 Å². The molecular weight excluding hydrogens is 292 g/mol. The molecule has 6 nitrogen and oxygen atoms in total. The van der Waals surface area contributed by atoms with Crippen molar-refractivity contribution in [3.63, 3.8) is 0 Å². The van der Waals surface area contributed by atoms with E-state index in [2.05, 4.69) is 9.80 Å². The summed E-state index contributed by atoms with van der Waals surface area (Å²) in [5, 5.41) is 0. The zero-order valence-electron chi connectivity index (χ0n) is 15.0. The largest absolute Gasteiger partial charge is 0.342 e. The van der Waals surface area contributed by atoms with Gasteiger partial charge >= 0.3 is 0 Å². The Morgan fingerprint density at radius 3 is 1.91 bits per heavy atom. The van der Waals surface area contributed by atoms with Gasteiger partial charge < -0.3 is 9.80 Å². The van der Waals surface area contributed by atoms with E-state index in [1.54, 1.807) is 4.90 Å². The lowest BCUT2D eigenvalue weighted by Crippen LogP contribution is -2.52. The number of likely N-dealkylation sites (tertiary alicyclic amines) is 1. The second kappa shape index (κ2) is 8.64. The normalized spacial score (nSPS) is 20.8. The van der Waals surface area contributed by atoms with Crippen LogP contribution < -0.4 is 0 Å². The number of likely N-dealkylation sites (N-methyl/N-ethyl adjacent to an activating group) is 1. The number of nitrogens with zero attached hydrogens (tertiary/aromatic N) is 4. The summed E-state index contributed by atoms with van der Waals surface area (Å²) in [6.45, 7) is 10.4. The van der Waals surface area contributed by atoms with E-state index in [0.29, 0.717) is 13.1 Å². The molecule has 6 heteroatoms. The van der Waals surface area contributed by atoms with E-state index in [1.807, 2.05) is 25.8 Å². The van der Waals surface area contributed by atoms with Crippen LogP contribution in [0.15, 0.2) is 0 Å². The SMILES string of the molecule is CC(C)N(C)C(=O)CN1CCN(CC(=O)N2CCCCC2)CC1. The van der Waals surface area contributed by atoms with Crippen LogP contribution in [-0.2, 0) is 9.59 Å². The topological polar surface area (TPSA) is 47.1 Å². The van der Waals surface area contributed by atoms with Crippen LogP contribution in [-0.4, -0.2) is 96.9 Å². The van der Waals surface area contributed by atoms with Crippen LogP contribution in [0.5, 0.6) is 0 Å². The van der Waals surface area contributed by atoms with Gasteiger partial charge in [-0.05, 0) is 33.1 Å². The van der Waals surface area contributed by atoms with Gasteiger partial charge in [-0.15, -0.1) is 0 Å². The van der Waals surface area contributed by atoms with Gasteiger partial charge in [0.15, 0.2) is 0 Å². The summed E-state index contributed by atoms with van der Waals surface area (Å²) in [7, 11) is 1.86. The van der Waals surface area contributed by atoms with Crippen LogP contribution in [0.1, 0.15) is 33.1 Å². The molecule has 23 heavy (non-hydrogen) atoms. The molecule has 2 fully saturated rings. The Labute approximate surface area is 140 Å². The first kappa shape index (κ1) is 18.2. The van der Waals surface area contributed by atoms with Crippen molar-refractivity contribution in [2.24, 2.45) is 0 Å². The number of amides is 2. The Bertz CT molecular complexity index is 399. The van der Waals surface area contributed by atoms with Gasteiger partial charge in [-0.1, -0.05) is 0 Å². The Hall–Kier alpha value is -1.14. The number of piperazine rings is 1. The maximum absolute atomic E-state index is 12.3. The number of carbonyl (C=O) groups is 2.